The van der Waals surface area contributed by atoms with Crippen LogP contribution >= 0.6 is 0 Å². The van der Waals surface area contributed by atoms with Crippen LogP contribution in [-0.2, 0) is 0 Å². The van der Waals surface area contributed by atoms with Crippen LogP contribution in [0.4, 0.5) is 0 Å². The molecule has 6 nitrogen and oxygen atoms in total. The molecule has 6 aromatic heterocycles. The minimum absolute atomic E-state index is 0. The fourth-order valence-corrected chi connectivity index (χ4v) is 23.2. The molecule has 0 aliphatic carbocycles. The Morgan fingerprint density at radius 3 is 0.613 bits per heavy atom. The first-order valence-corrected chi connectivity index (χ1v) is 50.9. The van der Waals surface area contributed by atoms with E-state index in [9.17, 15) is 0 Å². The number of hydrogen-bond acceptors (Lipinski definition) is 0. The van der Waals surface area contributed by atoms with Crippen molar-refractivity contribution in [2.75, 3.05) is 0 Å². The number of nitrogens with zero attached hydrogens (tertiary/aromatic N) is 6. The van der Waals surface area contributed by atoms with E-state index >= 15 is 0 Å². The van der Waals surface area contributed by atoms with E-state index in [4.69, 9.17) is 0 Å². The van der Waals surface area contributed by atoms with E-state index in [-0.39, 0.29) is 14.9 Å². The van der Waals surface area contributed by atoms with E-state index < -0.39 is 0 Å². The van der Waals surface area contributed by atoms with Gasteiger partial charge in [0.2, 0.25) is 0 Å². The molecule has 0 aliphatic rings. The van der Waals surface area contributed by atoms with Gasteiger partial charge in [0.1, 0.15) is 0 Å². The maximum atomic E-state index is 2.43. The Bertz CT molecular complexity index is 10400. The highest BCUT2D eigenvalue weighted by Gasteiger charge is 2.24. The van der Waals surface area contributed by atoms with Gasteiger partial charge in [0, 0.05) is 98.5 Å². The summed E-state index contributed by atoms with van der Waals surface area (Å²) in [4.78, 5) is 0. The van der Waals surface area contributed by atoms with Crippen LogP contribution in [0.25, 0.3) is 265 Å². The van der Waals surface area contributed by atoms with Crippen molar-refractivity contribution in [1.82, 2.24) is 27.4 Å². The number of hydrogen-bond donors (Lipinski definition) is 0. The van der Waals surface area contributed by atoms with Crippen LogP contribution in [0.1, 0.15) is 14.9 Å². The molecule has 0 amide bonds. The summed E-state index contributed by atoms with van der Waals surface area (Å²) in [6.45, 7) is 0. The summed E-state index contributed by atoms with van der Waals surface area (Å²) in [5.41, 5.74) is 40.9. The fourth-order valence-electron chi connectivity index (χ4n) is 23.2. The minimum Gasteiger partial charge on any atom is -0.309 e. The van der Waals surface area contributed by atoms with E-state index in [1.807, 2.05) is 0 Å². The van der Waals surface area contributed by atoms with Crippen LogP contribution in [0.2, 0.25) is 0 Å². The second-order valence-corrected chi connectivity index (χ2v) is 38.6. The smallest absolute Gasteiger partial charge is 0.0547 e. The molecule has 0 aliphatic heterocycles. The van der Waals surface area contributed by atoms with E-state index in [1.165, 1.54) is 236 Å². The first-order valence-electron chi connectivity index (χ1n) is 50.9. The van der Waals surface area contributed by atoms with Crippen molar-refractivity contribution in [2.24, 2.45) is 0 Å². The molecule has 0 bridgehead atoms. The van der Waals surface area contributed by atoms with Crippen molar-refractivity contribution >= 4 is 142 Å². The van der Waals surface area contributed by atoms with Crippen molar-refractivity contribution in [3.05, 3.63) is 570 Å². The van der Waals surface area contributed by atoms with Gasteiger partial charge in [-0.2, -0.15) is 0 Å². The Morgan fingerprint density at radius 1 is 0.0933 bits per heavy atom. The topological polar surface area (TPSA) is 29.6 Å². The summed E-state index contributed by atoms with van der Waals surface area (Å²) in [7, 11) is 0. The monoisotopic (exact) mass is 1910 g/mol. The van der Waals surface area contributed by atoms with Crippen LogP contribution in [-0.4, -0.2) is 27.4 Å². The molecule has 24 aromatic carbocycles. The molecular formula is C144H102N6. The first kappa shape index (κ1) is 90.4. The van der Waals surface area contributed by atoms with Crippen molar-refractivity contribution in [3.8, 4) is 123 Å². The van der Waals surface area contributed by atoms with Crippen molar-refractivity contribution < 1.29 is 0 Å². The van der Waals surface area contributed by atoms with Gasteiger partial charge in [-0.05, 0) is 252 Å². The van der Waals surface area contributed by atoms with Gasteiger partial charge in [0.25, 0.3) is 0 Å². The maximum Gasteiger partial charge on any atom is 0.0547 e. The normalized spacial score (nSPS) is 11.5. The summed E-state index contributed by atoms with van der Waals surface area (Å²) < 4.78 is 14.5. The lowest BCUT2D eigenvalue weighted by molar-refractivity contribution is 1.18. The Hall–Kier alpha value is -19.7. The minimum atomic E-state index is 0. The fraction of sp³-hybridized carbons (Fsp3) is 0.0139. The Kier molecular flexibility index (Phi) is 23.0. The lowest BCUT2D eigenvalue weighted by Crippen LogP contribution is -1.95. The lowest BCUT2D eigenvalue weighted by Gasteiger charge is -2.12. The molecule has 0 saturated carbocycles. The van der Waals surface area contributed by atoms with Gasteiger partial charge in [0.05, 0.1) is 71.9 Å². The highest BCUT2D eigenvalue weighted by molar-refractivity contribution is 6.18. The van der Waals surface area contributed by atoms with Gasteiger partial charge in [-0.25, -0.2) is 0 Å². The molecule has 0 saturated heterocycles. The van der Waals surface area contributed by atoms with E-state index in [1.54, 1.807) is 0 Å². The Balaban J connectivity index is 0.000000113. The highest BCUT2D eigenvalue weighted by Crippen LogP contribution is 2.46. The zero-order chi connectivity index (χ0) is 97.6. The van der Waals surface area contributed by atoms with Crippen molar-refractivity contribution in [3.63, 3.8) is 0 Å². The Labute approximate surface area is 870 Å². The predicted molar refractivity (Wildman–Crippen MR) is 640 cm³/mol. The van der Waals surface area contributed by atoms with Gasteiger partial charge in [-0.1, -0.05) is 427 Å². The van der Waals surface area contributed by atoms with Crippen LogP contribution < -0.4 is 0 Å². The highest BCUT2D eigenvalue weighted by atomic mass is 15.0. The molecular weight excluding hydrogens is 1810 g/mol. The number of aromatic nitrogens is 6. The van der Waals surface area contributed by atoms with Crippen molar-refractivity contribution in [2.45, 2.75) is 14.9 Å². The second-order valence-electron chi connectivity index (χ2n) is 38.6. The molecule has 6 heteroatoms. The standard InChI is InChI=1S/2C48H32N2.C46H30N2.2CH4/c1-3-12-33(13-4-1)35-22-26-39(27-23-35)49-46-21-10-8-19-42(46)44-31-37(25-29-47(44)49)38-24-28-43-41-18-7-9-20-45(41)50(48(43)32-38)40-17-11-16-36(30-40)34-14-5-2-6-15-34;1-3-11-33(12-4-1)35-19-25-39(26-20-35)49-46-18-10-8-16-42(46)44-31-37(24-30-47(44)49)38-23-29-43-41-15-7-9-17-45(41)50(48(43)32-38)40-27-21-36(22-28-40)34-13-5-2-6-14-34;1-2-12-31(13-3-1)33-16-10-17-36(28-33)47-43-21-8-6-19-38(43)40-26-24-35(30-46(40)47)34-25-27-45-41(29-34)39-20-7-9-22-44(39)48(45)42-23-11-15-32-14-4-5-18-37(32)42;;/h2*1-32H;1-30H;2*1H4. The largest absolute Gasteiger partial charge is 0.309 e. The van der Waals surface area contributed by atoms with E-state index in [2.05, 4.69) is 598 Å². The molecule has 6 heterocycles. The van der Waals surface area contributed by atoms with Gasteiger partial charge in [-0.15, -0.1) is 0 Å². The summed E-state index contributed by atoms with van der Waals surface area (Å²) in [5.74, 6) is 0. The van der Waals surface area contributed by atoms with Gasteiger partial charge in [-0.3, -0.25) is 0 Å². The quantitative estimate of drug-likeness (QED) is 0.104. The average molecular weight is 1920 g/mol. The van der Waals surface area contributed by atoms with E-state index in [0.717, 1.165) is 28.4 Å². The molecule has 0 radical (unpaired) electrons. The molecule has 0 spiro atoms. The lowest BCUT2D eigenvalue weighted by atomic mass is 10.0. The SMILES string of the molecule is C.C.c1ccc(-c2ccc(-n3c4ccccc4c4cc(-c5ccc6c7ccccc7n(-c7ccc(-c8ccccc8)cc7)c6c5)ccc43)cc2)cc1.c1ccc(-c2ccc(-n3c4ccccc4c4cc(-c5ccc6c7ccccc7n(-c7cccc(-c8ccccc8)c7)c6c5)ccc43)cc2)cc1.c1ccc(-c2cccc(-n3c4ccccc4c4ccc(-c5ccc6c(c5)c5ccccc5n6-c5cccc6ccccc56)cc43)c2)cc1. The van der Waals surface area contributed by atoms with Crippen LogP contribution in [0.3, 0.4) is 0 Å². The van der Waals surface area contributed by atoms with Crippen molar-refractivity contribution in [1.29, 1.82) is 0 Å². The zero-order valence-electron chi connectivity index (χ0n) is 81.0. The molecule has 0 unspecified atom stereocenters. The summed E-state index contributed by atoms with van der Waals surface area (Å²) in [6, 6.07) is 207. The van der Waals surface area contributed by atoms with Gasteiger partial charge >= 0.3 is 0 Å². The molecule has 0 fully saturated rings. The van der Waals surface area contributed by atoms with Crippen LogP contribution in [0.15, 0.2) is 570 Å². The molecule has 30 aromatic rings. The van der Waals surface area contributed by atoms with Gasteiger partial charge in [0.15, 0.2) is 0 Å². The van der Waals surface area contributed by atoms with Crippen LogP contribution in [0.5, 0.6) is 0 Å². The predicted octanol–water partition coefficient (Wildman–Crippen LogP) is 39.4. The number of benzene rings is 24. The van der Waals surface area contributed by atoms with E-state index in [0.29, 0.717) is 0 Å². The maximum absolute atomic E-state index is 2.43. The van der Waals surface area contributed by atoms with Gasteiger partial charge < -0.3 is 27.4 Å². The molecule has 150 heavy (non-hydrogen) atoms. The molecule has 30 rings (SSSR count). The third-order valence-electron chi connectivity index (χ3n) is 30.2. The Morgan fingerprint density at radius 2 is 0.287 bits per heavy atom. The molecule has 708 valence electrons. The molecule has 0 N–H and O–H groups in total. The number of para-hydroxylation sites is 6. The third-order valence-corrected chi connectivity index (χ3v) is 30.2. The first-order chi connectivity index (χ1) is 73.4. The summed E-state index contributed by atoms with van der Waals surface area (Å²) >= 11 is 0. The number of fused-ring (bicyclic) bond motifs is 19. The second kappa shape index (κ2) is 38.1. The summed E-state index contributed by atoms with van der Waals surface area (Å²) in [5, 5.41) is 17.6. The summed E-state index contributed by atoms with van der Waals surface area (Å²) in [6.07, 6.45) is 0. The third kappa shape index (κ3) is 15.8. The zero-order valence-corrected chi connectivity index (χ0v) is 81.0. The molecule has 0 atom stereocenters. The number of rotatable bonds is 14. The van der Waals surface area contributed by atoms with Crippen LogP contribution in [0, 0.1) is 0 Å². The average Bonchev–Trinajstić information content (AvgIpc) is 1.58.